The molecule has 0 atom stereocenters. The van der Waals surface area contributed by atoms with Crippen LogP contribution in [0.1, 0.15) is 0 Å². The lowest BCUT2D eigenvalue weighted by Gasteiger charge is -2.21. The number of benzene rings is 1. The second-order valence-electron chi connectivity index (χ2n) is 3.69. The van der Waals surface area contributed by atoms with E-state index in [4.69, 9.17) is 27.2 Å². The number of hydrogen-bond acceptors (Lipinski definition) is 4. The topological polar surface area (TPSA) is 92.9 Å². The van der Waals surface area contributed by atoms with Crippen molar-refractivity contribution < 1.29 is 19.4 Å². The summed E-state index contributed by atoms with van der Waals surface area (Å²) >= 11 is 5.82. The van der Waals surface area contributed by atoms with Gasteiger partial charge in [0.1, 0.15) is 13.2 Å². The molecule has 0 heterocycles. The van der Waals surface area contributed by atoms with Crippen molar-refractivity contribution in [1.82, 2.24) is 0 Å². The molecule has 0 aliphatic heterocycles. The number of carbonyl (C=O) groups is 2. The summed E-state index contributed by atoms with van der Waals surface area (Å²) in [5.41, 5.74) is 5.65. The molecule has 0 saturated carbocycles. The molecule has 0 aliphatic rings. The molecule has 1 aromatic carbocycles. The maximum atomic E-state index is 11.9. The molecule has 0 aromatic heterocycles. The van der Waals surface area contributed by atoms with E-state index in [0.29, 0.717) is 17.3 Å². The highest BCUT2D eigenvalue weighted by molar-refractivity contribution is 6.30. The van der Waals surface area contributed by atoms with E-state index < -0.39 is 18.4 Å². The van der Waals surface area contributed by atoms with Gasteiger partial charge in [0, 0.05) is 17.3 Å². The van der Waals surface area contributed by atoms with Crippen LogP contribution in [-0.4, -0.2) is 43.3 Å². The lowest BCUT2D eigenvalue weighted by molar-refractivity contribution is -0.137. The number of carboxylic acids is 1. The first-order valence-electron chi connectivity index (χ1n) is 5.60. The van der Waals surface area contributed by atoms with E-state index in [0.717, 1.165) is 4.90 Å². The van der Waals surface area contributed by atoms with Gasteiger partial charge in [-0.05, 0) is 18.2 Å². The third-order valence-electron chi connectivity index (χ3n) is 2.20. The Morgan fingerprint density at radius 2 is 2.16 bits per heavy atom. The predicted molar refractivity (Wildman–Crippen MR) is 71.3 cm³/mol. The Morgan fingerprint density at radius 3 is 2.74 bits per heavy atom. The number of amides is 1. The van der Waals surface area contributed by atoms with Crippen LogP contribution >= 0.6 is 11.6 Å². The monoisotopic (exact) mass is 286 g/mol. The molecule has 3 N–H and O–H groups in total. The summed E-state index contributed by atoms with van der Waals surface area (Å²) in [6.07, 6.45) is 0. The largest absolute Gasteiger partial charge is 0.480 e. The van der Waals surface area contributed by atoms with E-state index in [1.54, 1.807) is 18.2 Å². The lowest BCUT2D eigenvalue weighted by Crippen LogP contribution is -2.38. The lowest BCUT2D eigenvalue weighted by atomic mass is 10.3. The molecule has 6 nitrogen and oxygen atoms in total. The average molecular weight is 287 g/mol. The zero-order chi connectivity index (χ0) is 14.3. The smallest absolute Gasteiger partial charge is 0.323 e. The normalized spacial score (nSPS) is 10.2. The van der Waals surface area contributed by atoms with Crippen molar-refractivity contribution in [3.8, 4) is 0 Å². The van der Waals surface area contributed by atoms with Crippen LogP contribution in [0.15, 0.2) is 24.3 Å². The maximum Gasteiger partial charge on any atom is 0.323 e. The second-order valence-corrected chi connectivity index (χ2v) is 4.13. The van der Waals surface area contributed by atoms with E-state index in [9.17, 15) is 9.59 Å². The molecule has 1 amide bonds. The summed E-state index contributed by atoms with van der Waals surface area (Å²) < 4.78 is 5.02. The number of halogens is 1. The Kier molecular flexibility index (Phi) is 6.27. The molecule has 0 aliphatic carbocycles. The first-order valence-corrected chi connectivity index (χ1v) is 5.98. The highest BCUT2D eigenvalue weighted by Gasteiger charge is 2.19. The fraction of sp³-hybridized carbons (Fsp3) is 0.333. The van der Waals surface area contributed by atoms with Crippen molar-refractivity contribution >= 4 is 29.2 Å². The van der Waals surface area contributed by atoms with Crippen molar-refractivity contribution in [2.24, 2.45) is 5.73 Å². The van der Waals surface area contributed by atoms with Crippen LogP contribution < -0.4 is 10.6 Å². The number of nitrogens with zero attached hydrogens (tertiary/aromatic N) is 1. The van der Waals surface area contributed by atoms with Crippen LogP contribution in [0, 0.1) is 0 Å². The average Bonchev–Trinajstić information content (AvgIpc) is 2.36. The summed E-state index contributed by atoms with van der Waals surface area (Å²) in [5.74, 6) is -1.58. The summed E-state index contributed by atoms with van der Waals surface area (Å²) in [6, 6.07) is 6.40. The van der Waals surface area contributed by atoms with Crippen LogP contribution in [0.4, 0.5) is 5.69 Å². The summed E-state index contributed by atoms with van der Waals surface area (Å²) in [4.78, 5) is 23.8. The zero-order valence-corrected chi connectivity index (χ0v) is 11.0. The van der Waals surface area contributed by atoms with Crippen molar-refractivity contribution in [1.29, 1.82) is 0 Å². The SMILES string of the molecule is NCCOCC(=O)N(CC(=O)O)c1cccc(Cl)c1. The van der Waals surface area contributed by atoms with Gasteiger partial charge >= 0.3 is 5.97 Å². The van der Waals surface area contributed by atoms with Gasteiger partial charge in [0.25, 0.3) is 5.91 Å². The fourth-order valence-electron chi connectivity index (χ4n) is 1.42. The predicted octanol–water partition coefficient (Wildman–Crippen LogP) is 0.733. The minimum absolute atomic E-state index is 0.225. The zero-order valence-electron chi connectivity index (χ0n) is 10.2. The van der Waals surface area contributed by atoms with Gasteiger partial charge in [0.15, 0.2) is 0 Å². The van der Waals surface area contributed by atoms with Gasteiger partial charge in [-0.3, -0.25) is 14.5 Å². The molecule has 104 valence electrons. The minimum Gasteiger partial charge on any atom is -0.480 e. The van der Waals surface area contributed by atoms with Crippen LogP contribution in [0.25, 0.3) is 0 Å². The molecule has 1 aromatic rings. The molecule has 0 saturated heterocycles. The number of carboxylic acid groups (broad SMARTS) is 1. The first kappa shape index (κ1) is 15.4. The number of rotatable bonds is 7. The number of ether oxygens (including phenoxy) is 1. The second kappa shape index (κ2) is 7.73. The highest BCUT2D eigenvalue weighted by Crippen LogP contribution is 2.19. The van der Waals surface area contributed by atoms with Gasteiger partial charge in [0.2, 0.25) is 0 Å². The van der Waals surface area contributed by atoms with Crippen LogP contribution in [0.2, 0.25) is 5.02 Å². The van der Waals surface area contributed by atoms with Gasteiger partial charge in [-0.15, -0.1) is 0 Å². The van der Waals surface area contributed by atoms with Crippen molar-refractivity contribution in [3.63, 3.8) is 0 Å². The Hall–Kier alpha value is -1.63. The molecule has 7 heteroatoms. The van der Waals surface area contributed by atoms with Crippen molar-refractivity contribution in [3.05, 3.63) is 29.3 Å². The van der Waals surface area contributed by atoms with Gasteiger partial charge in [0.05, 0.1) is 6.61 Å². The van der Waals surface area contributed by atoms with E-state index in [1.165, 1.54) is 6.07 Å². The standard InChI is InChI=1S/C12H15ClN2O4/c13-9-2-1-3-10(6-9)15(7-12(17)18)11(16)8-19-5-4-14/h1-3,6H,4-5,7-8,14H2,(H,17,18). The maximum absolute atomic E-state index is 11.9. The Bertz CT molecular complexity index is 453. The molecular weight excluding hydrogens is 272 g/mol. The molecule has 19 heavy (non-hydrogen) atoms. The van der Waals surface area contributed by atoms with Gasteiger partial charge in [-0.25, -0.2) is 0 Å². The molecule has 0 unspecified atom stereocenters. The molecule has 0 spiro atoms. The van der Waals surface area contributed by atoms with Crippen LogP contribution in [0.3, 0.4) is 0 Å². The van der Waals surface area contributed by atoms with E-state index in [1.807, 2.05) is 0 Å². The minimum atomic E-state index is -1.12. The number of hydrogen-bond donors (Lipinski definition) is 2. The number of carbonyl (C=O) groups excluding carboxylic acids is 1. The Balaban J connectivity index is 2.82. The van der Waals surface area contributed by atoms with E-state index in [-0.39, 0.29) is 13.2 Å². The van der Waals surface area contributed by atoms with Gasteiger partial charge < -0.3 is 15.6 Å². The first-order chi connectivity index (χ1) is 9.04. The van der Waals surface area contributed by atoms with Crippen LogP contribution in [0.5, 0.6) is 0 Å². The number of aliphatic carboxylic acids is 1. The van der Waals surface area contributed by atoms with Crippen LogP contribution in [-0.2, 0) is 14.3 Å². The molecule has 0 radical (unpaired) electrons. The van der Waals surface area contributed by atoms with E-state index in [2.05, 4.69) is 0 Å². The molecule has 1 rings (SSSR count). The van der Waals surface area contributed by atoms with Crippen molar-refractivity contribution in [2.75, 3.05) is 31.2 Å². The Morgan fingerprint density at radius 1 is 1.42 bits per heavy atom. The third-order valence-corrected chi connectivity index (χ3v) is 2.44. The summed E-state index contributed by atoms with van der Waals surface area (Å²) in [6.45, 7) is -0.145. The number of anilines is 1. The summed E-state index contributed by atoms with van der Waals surface area (Å²) in [7, 11) is 0. The fourth-order valence-corrected chi connectivity index (χ4v) is 1.61. The third kappa shape index (κ3) is 5.25. The van der Waals surface area contributed by atoms with Gasteiger partial charge in [-0.1, -0.05) is 17.7 Å². The van der Waals surface area contributed by atoms with E-state index >= 15 is 0 Å². The quantitative estimate of drug-likeness (QED) is 0.721. The number of nitrogens with two attached hydrogens (primary N) is 1. The highest BCUT2D eigenvalue weighted by atomic mass is 35.5. The molecule has 0 bridgehead atoms. The van der Waals surface area contributed by atoms with Crippen molar-refractivity contribution in [2.45, 2.75) is 0 Å². The van der Waals surface area contributed by atoms with Gasteiger partial charge in [-0.2, -0.15) is 0 Å². The Labute approximate surface area is 115 Å². The molecular formula is C12H15ClN2O4. The molecule has 0 fully saturated rings. The summed E-state index contributed by atoms with van der Waals surface area (Å²) in [5, 5.41) is 9.27.